The quantitative estimate of drug-likeness (QED) is 0.898. The largest absolute Gasteiger partial charge is 0.433 e. The number of hydrogen-bond acceptors (Lipinski definition) is 3. The molecule has 0 radical (unpaired) electrons. The first-order valence-electron chi connectivity index (χ1n) is 5.93. The highest BCUT2D eigenvalue weighted by molar-refractivity contribution is 5.94. The van der Waals surface area contributed by atoms with Crippen LogP contribution in [0.3, 0.4) is 0 Å². The Kier molecular flexibility index (Phi) is 4.14. The molecule has 2 N–H and O–H groups in total. The summed E-state index contributed by atoms with van der Waals surface area (Å²) in [5, 5.41) is 12.5. The van der Waals surface area contributed by atoms with Crippen LogP contribution in [0.5, 0.6) is 0 Å². The van der Waals surface area contributed by atoms with Crippen LogP contribution in [0.25, 0.3) is 0 Å². The summed E-state index contributed by atoms with van der Waals surface area (Å²) in [6.07, 6.45) is -3.68. The van der Waals surface area contributed by atoms with Gasteiger partial charge in [0, 0.05) is 6.20 Å². The van der Waals surface area contributed by atoms with Crippen LogP contribution in [-0.4, -0.2) is 27.1 Å². The molecule has 0 aliphatic heterocycles. The zero-order chi connectivity index (χ0) is 15.8. The molecule has 1 amide bonds. The fourth-order valence-electron chi connectivity index (χ4n) is 1.20. The third-order valence-corrected chi connectivity index (χ3v) is 3.27. The van der Waals surface area contributed by atoms with E-state index in [2.05, 4.69) is 10.3 Å². The summed E-state index contributed by atoms with van der Waals surface area (Å²) < 4.78 is 37.1. The number of halogens is 3. The lowest BCUT2D eigenvalue weighted by Crippen LogP contribution is -2.57. The number of alkyl halides is 3. The molecule has 0 spiro atoms. The van der Waals surface area contributed by atoms with Gasteiger partial charge in [-0.25, -0.2) is 0 Å². The number of carbonyl (C=O) groups excluding carboxylic acids is 1. The van der Waals surface area contributed by atoms with Crippen molar-refractivity contribution in [3.63, 3.8) is 0 Å². The van der Waals surface area contributed by atoms with Crippen molar-refractivity contribution in [1.29, 1.82) is 0 Å². The Balaban J connectivity index is 2.90. The Morgan fingerprint density at radius 2 is 1.75 bits per heavy atom. The molecule has 7 heteroatoms. The van der Waals surface area contributed by atoms with Crippen LogP contribution in [0.2, 0.25) is 0 Å². The zero-order valence-corrected chi connectivity index (χ0v) is 11.7. The fourth-order valence-corrected chi connectivity index (χ4v) is 1.20. The van der Waals surface area contributed by atoms with E-state index < -0.39 is 28.9 Å². The Labute approximate surface area is 115 Å². The van der Waals surface area contributed by atoms with E-state index in [1.54, 1.807) is 13.8 Å². The minimum atomic E-state index is -4.54. The van der Waals surface area contributed by atoms with Gasteiger partial charge in [-0.3, -0.25) is 9.78 Å². The molecule has 4 nitrogen and oxygen atoms in total. The van der Waals surface area contributed by atoms with Crippen LogP contribution in [0.1, 0.15) is 43.7 Å². The van der Waals surface area contributed by atoms with Crippen LogP contribution in [0, 0.1) is 0 Å². The number of nitrogens with one attached hydrogen (secondary N) is 1. The molecule has 0 aliphatic rings. The maximum Gasteiger partial charge on any atom is 0.433 e. The number of hydrogen-bond donors (Lipinski definition) is 2. The SMILES string of the molecule is CC(C)(O)C(C)(C)NC(=O)c1ccc(C(F)(F)F)nc1. The van der Waals surface area contributed by atoms with E-state index in [1.807, 2.05) is 0 Å². The molecule has 0 saturated heterocycles. The molecule has 0 fully saturated rings. The van der Waals surface area contributed by atoms with Crippen molar-refractivity contribution < 1.29 is 23.1 Å². The second-order valence-corrected chi connectivity index (χ2v) is 5.57. The van der Waals surface area contributed by atoms with Crippen molar-refractivity contribution in [2.75, 3.05) is 0 Å². The van der Waals surface area contributed by atoms with Gasteiger partial charge in [-0.15, -0.1) is 0 Å². The predicted octanol–water partition coefficient (Wildman–Crippen LogP) is 2.38. The number of aliphatic hydroxyl groups is 1. The van der Waals surface area contributed by atoms with E-state index in [0.29, 0.717) is 0 Å². The first kappa shape index (κ1) is 16.4. The predicted molar refractivity (Wildman–Crippen MR) is 67.1 cm³/mol. The van der Waals surface area contributed by atoms with Crippen LogP contribution in [0.15, 0.2) is 18.3 Å². The number of nitrogens with zero attached hydrogens (tertiary/aromatic N) is 1. The maximum absolute atomic E-state index is 12.4. The highest BCUT2D eigenvalue weighted by Gasteiger charge is 2.37. The third kappa shape index (κ3) is 3.69. The smallest absolute Gasteiger partial charge is 0.388 e. The molecular formula is C13H17F3N2O2. The van der Waals surface area contributed by atoms with Crippen molar-refractivity contribution >= 4 is 5.91 Å². The molecular weight excluding hydrogens is 273 g/mol. The lowest BCUT2D eigenvalue weighted by molar-refractivity contribution is -0.141. The Morgan fingerprint density at radius 3 is 2.10 bits per heavy atom. The summed E-state index contributed by atoms with van der Waals surface area (Å²) in [5.74, 6) is -0.599. The number of amides is 1. The summed E-state index contributed by atoms with van der Waals surface area (Å²) in [7, 11) is 0. The Bertz CT molecular complexity index is 488. The van der Waals surface area contributed by atoms with Gasteiger partial charge in [0.2, 0.25) is 0 Å². The fraction of sp³-hybridized carbons (Fsp3) is 0.538. The van der Waals surface area contributed by atoms with Crippen LogP contribution >= 0.6 is 0 Å². The highest BCUT2D eigenvalue weighted by Crippen LogP contribution is 2.27. The van der Waals surface area contributed by atoms with Crippen molar-refractivity contribution in [2.24, 2.45) is 0 Å². The molecule has 1 aromatic rings. The molecule has 0 saturated carbocycles. The highest BCUT2D eigenvalue weighted by atomic mass is 19.4. The molecule has 0 aliphatic carbocycles. The average molecular weight is 290 g/mol. The summed E-state index contributed by atoms with van der Waals surface area (Å²) in [6.45, 7) is 6.28. The molecule has 20 heavy (non-hydrogen) atoms. The summed E-state index contributed by atoms with van der Waals surface area (Å²) in [5.41, 5.74) is -3.21. The second-order valence-electron chi connectivity index (χ2n) is 5.57. The van der Waals surface area contributed by atoms with Crippen molar-refractivity contribution in [3.05, 3.63) is 29.6 Å². The van der Waals surface area contributed by atoms with E-state index in [0.717, 1.165) is 18.3 Å². The normalized spacial score (nSPS) is 13.2. The first-order chi connectivity index (χ1) is 8.84. The number of aromatic nitrogens is 1. The van der Waals surface area contributed by atoms with Crippen molar-refractivity contribution in [2.45, 2.75) is 45.0 Å². The lowest BCUT2D eigenvalue weighted by atomic mass is 9.86. The van der Waals surface area contributed by atoms with Crippen molar-refractivity contribution in [1.82, 2.24) is 10.3 Å². The Hall–Kier alpha value is -1.63. The van der Waals surface area contributed by atoms with Gasteiger partial charge >= 0.3 is 6.18 Å². The van der Waals surface area contributed by atoms with Gasteiger partial charge in [-0.2, -0.15) is 13.2 Å². The van der Waals surface area contributed by atoms with E-state index in [9.17, 15) is 23.1 Å². The maximum atomic E-state index is 12.4. The molecule has 0 unspecified atom stereocenters. The summed E-state index contributed by atoms with van der Waals surface area (Å²) in [4.78, 5) is 15.1. The average Bonchev–Trinajstić information content (AvgIpc) is 2.26. The van der Waals surface area contributed by atoms with Gasteiger partial charge in [0.15, 0.2) is 0 Å². The molecule has 0 aromatic carbocycles. The number of carbonyl (C=O) groups is 1. The molecule has 0 bridgehead atoms. The molecule has 1 aromatic heterocycles. The molecule has 1 rings (SSSR count). The van der Waals surface area contributed by atoms with E-state index in [-0.39, 0.29) is 5.56 Å². The van der Waals surface area contributed by atoms with Crippen molar-refractivity contribution in [3.8, 4) is 0 Å². The van der Waals surface area contributed by atoms with E-state index in [1.165, 1.54) is 13.8 Å². The molecule has 1 heterocycles. The number of pyridine rings is 1. The lowest BCUT2D eigenvalue weighted by Gasteiger charge is -2.37. The van der Waals surface area contributed by atoms with Gasteiger partial charge in [0.05, 0.1) is 16.7 Å². The Morgan fingerprint density at radius 1 is 1.20 bits per heavy atom. The third-order valence-electron chi connectivity index (χ3n) is 3.27. The van der Waals surface area contributed by atoms with Crippen LogP contribution in [-0.2, 0) is 6.18 Å². The van der Waals surface area contributed by atoms with Gasteiger partial charge in [-0.1, -0.05) is 0 Å². The summed E-state index contributed by atoms with van der Waals surface area (Å²) >= 11 is 0. The minimum Gasteiger partial charge on any atom is -0.388 e. The van der Waals surface area contributed by atoms with Crippen LogP contribution in [0.4, 0.5) is 13.2 Å². The zero-order valence-electron chi connectivity index (χ0n) is 11.7. The topological polar surface area (TPSA) is 62.2 Å². The minimum absolute atomic E-state index is 0.00433. The second kappa shape index (κ2) is 5.05. The van der Waals surface area contributed by atoms with E-state index in [4.69, 9.17) is 0 Å². The van der Waals surface area contributed by atoms with Gasteiger partial charge in [0.1, 0.15) is 5.69 Å². The van der Waals surface area contributed by atoms with E-state index >= 15 is 0 Å². The monoisotopic (exact) mass is 290 g/mol. The molecule has 0 atom stereocenters. The standard InChI is InChI=1S/C13H17F3N2O2/c1-11(2,12(3,4)20)18-10(19)8-5-6-9(17-7-8)13(14,15)16/h5-7,20H,1-4H3,(H,18,19). The van der Waals surface area contributed by atoms with Crippen LogP contribution < -0.4 is 5.32 Å². The van der Waals surface area contributed by atoms with Gasteiger partial charge in [0.25, 0.3) is 5.91 Å². The first-order valence-corrected chi connectivity index (χ1v) is 5.93. The number of rotatable bonds is 3. The summed E-state index contributed by atoms with van der Waals surface area (Å²) in [6, 6.07) is 1.79. The van der Waals surface area contributed by atoms with Gasteiger partial charge in [-0.05, 0) is 39.8 Å². The van der Waals surface area contributed by atoms with Gasteiger partial charge < -0.3 is 10.4 Å². The molecule has 112 valence electrons.